The molecule has 1 aromatic carbocycles. The summed E-state index contributed by atoms with van der Waals surface area (Å²) < 4.78 is 6.50. The largest absolute Gasteiger partial charge is 0.376 e. The van der Waals surface area contributed by atoms with Crippen molar-refractivity contribution in [1.82, 2.24) is 4.90 Å². The summed E-state index contributed by atoms with van der Waals surface area (Å²) in [5.41, 5.74) is 0.835. The van der Waals surface area contributed by atoms with Gasteiger partial charge in [-0.15, -0.1) is 0 Å². The molecule has 0 bridgehead atoms. The Kier molecular flexibility index (Phi) is 5.02. The number of hydrogen-bond acceptors (Lipinski definition) is 3. The lowest BCUT2D eigenvalue weighted by atomic mass is 10.1. The highest BCUT2D eigenvalue weighted by Gasteiger charge is 2.39. The molecule has 2 aliphatic rings. The smallest absolute Gasteiger partial charge is 0.239 e. The van der Waals surface area contributed by atoms with Crippen molar-refractivity contribution in [3.05, 3.63) is 28.7 Å². The van der Waals surface area contributed by atoms with Gasteiger partial charge in [0.05, 0.1) is 6.10 Å². The predicted molar refractivity (Wildman–Crippen MR) is 91.2 cm³/mol. The topological polar surface area (TPSA) is 49.9 Å². The van der Waals surface area contributed by atoms with Crippen LogP contribution in [0.1, 0.15) is 19.3 Å². The van der Waals surface area contributed by atoms with Crippen molar-refractivity contribution in [2.45, 2.75) is 25.4 Å². The van der Waals surface area contributed by atoms with Gasteiger partial charge in [0, 0.05) is 36.9 Å². The highest BCUT2D eigenvalue weighted by Crippen LogP contribution is 2.28. The normalized spacial score (nSPS) is 24.3. The van der Waals surface area contributed by atoms with E-state index in [0.29, 0.717) is 19.5 Å². The zero-order valence-electron chi connectivity index (χ0n) is 13.2. The van der Waals surface area contributed by atoms with Crippen molar-refractivity contribution in [2.24, 2.45) is 5.92 Å². The second-order valence-electron chi connectivity index (χ2n) is 6.16. The summed E-state index contributed by atoms with van der Waals surface area (Å²) in [6.07, 6.45) is 2.72. The van der Waals surface area contributed by atoms with Gasteiger partial charge in [0.25, 0.3) is 0 Å². The zero-order valence-corrected chi connectivity index (χ0v) is 14.8. The molecule has 3 rings (SSSR count). The monoisotopic (exact) mass is 380 g/mol. The summed E-state index contributed by atoms with van der Waals surface area (Å²) in [4.78, 5) is 28.6. The second-order valence-corrected chi connectivity index (χ2v) is 7.08. The van der Waals surface area contributed by atoms with Crippen molar-refractivity contribution in [1.29, 1.82) is 0 Å². The maximum Gasteiger partial charge on any atom is 0.239 e. The van der Waals surface area contributed by atoms with E-state index in [1.807, 2.05) is 24.3 Å². The fourth-order valence-corrected chi connectivity index (χ4v) is 3.65. The van der Waals surface area contributed by atoms with Crippen LogP contribution in [0.5, 0.6) is 0 Å². The molecule has 6 heteroatoms. The first-order valence-electron chi connectivity index (χ1n) is 8.00. The Bertz CT molecular complexity index is 601. The molecule has 5 nitrogen and oxygen atoms in total. The Labute approximate surface area is 144 Å². The lowest BCUT2D eigenvalue weighted by Gasteiger charge is -2.23. The number of carbonyl (C=O) groups is 2. The van der Waals surface area contributed by atoms with Crippen LogP contribution in [0.4, 0.5) is 5.69 Å². The van der Waals surface area contributed by atoms with E-state index >= 15 is 0 Å². The van der Waals surface area contributed by atoms with Gasteiger partial charge in [-0.2, -0.15) is 0 Å². The fourth-order valence-electron chi connectivity index (χ4n) is 3.26. The molecule has 0 spiro atoms. The number of ether oxygens (including phenoxy) is 1. The van der Waals surface area contributed by atoms with Gasteiger partial charge in [0.2, 0.25) is 11.8 Å². The van der Waals surface area contributed by atoms with Crippen LogP contribution in [0, 0.1) is 5.92 Å². The van der Waals surface area contributed by atoms with E-state index < -0.39 is 5.92 Å². The molecule has 2 aliphatic heterocycles. The van der Waals surface area contributed by atoms with Crippen molar-refractivity contribution >= 4 is 33.4 Å². The van der Waals surface area contributed by atoms with Gasteiger partial charge in [-0.05, 0) is 37.5 Å². The number of nitrogens with zero attached hydrogens (tertiary/aromatic N) is 2. The van der Waals surface area contributed by atoms with Gasteiger partial charge in [-0.3, -0.25) is 9.59 Å². The maximum atomic E-state index is 12.6. The molecule has 0 aliphatic carbocycles. The summed E-state index contributed by atoms with van der Waals surface area (Å²) >= 11 is 3.42. The summed E-state index contributed by atoms with van der Waals surface area (Å²) in [5, 5.41) is 0. The third-order valence-corrected chi connectivity index (χ3v) is 4.99. The molecule has 0 radical (unpaired) electrons. The van der Waals surface area contributed by atoms with Crippen LogP contribution in [0.3, 0.4) is 0 Å². The molecular formula is C17H21BrN2O3. The SMILES string of the molecule is CN(C[C@@H]1CCCO1)C(=O)[C@H]1CCN(c2cccc(Br)c2)C1=O. The van der Waals surface area contributed by atoms with Gasteiger partial charge in [-0.1, -0.05) is 22.0 Å². The molecule has 0 N–H and O–H groups in total. The summed E-state index contributed by atoms with van der Waals surface area (Å²) in [5.74, 6) is -0.768. The highest BCUT2D eigenvalue weighted by molar-refractivity contribution is 9.10. The van der Waals surface area contributed by atoms with Crippen molar-refractivity contribution in [3.8, 4) is 0 Å². The number of amides is 2. The average molecular weight is 381 g/mol. The van der Waals surface area contributed by atoms with E-state index in [4.69, 9.17) is 4.74 Å². The number of carbonyl (C=O) groups excluding carboxylic acids is 2. The van der Waals surface area contributed by atoms with Crippen LogP contribution < -0.4 is 4.90 Å². The Morgan fingerprint density at radius 2 is 2.26 bits per heavy atom. The fraction of sp³-hybridized carbons (Fsp3) is 0.529. The van der Waals surface area contributed by atoms with E-state index in [0.717, 1.165) is 29.6 Å². The quantitative estimate of drug-likeness (QED) is 0.753. The van der Waals surface area contributed by atoms with E-state index in [1.165, 1.54) is 0 Å². The third kappa shape index (κ3) is 3.58. The minimum Gasteiger partial charge on any atom is -0.376 e. The molecular weight excluding hydrogens is 360 g/mol. The number of benzene rings is 1. The maximum absolute atomic E-state index is 12.6. The van der Waals surface area contributed by atoms with Gasteiger partial charge in [-0.25, -0.2) is 0 Å². The molecule has 23 heavy (non-hydrogen) atoms. The lowest BCUT2D eigenvalue weighted by molar-refractivity contribution is -0.139. The number of hydrogen-bond donors (Lipinski definition) is 0. The third-order valence-electron chi connectivity index (χ3n) is 4.50. The zero-order chi connectivity index (χ0) is 16.4. The van der Waals surface area contributed by atoms with Crippen molar-refractivity contribution in [2.75, 3.05) is 31.6 Å². The van der Waals surface area contributed by atoms with Crippen molar-refractivity contribution < 1.29 is 14.3 Å². The number of halogens is 1. The lowest BCUT2D eigenvalue weighted by Crippen LogP contribution is -2.41. The van der Waals surface area contributed by atoms with Crippen LogP contribution in [0.15, 0.2) is 28.7 Å². The molecule has 0 aromatic heterocycles. The van der Waals surface area contributed by atoms with Crippen molar-refractivity contribution in [3.63, 3.8) is 0 Å². The van der Waals surface area contributed by atoms with Gasteiger partial charge in [0.15, 0.2) is 0 Å². The van der Waals surface area contributed by atoms with E-state index in [-0.39, 0.29) is 17.9 Å². The average Bonchev–Trinajstić information content (AvgIpc) is 3.16. The van der Waals surface area contributed by atoms with Crippen LogP contribution in [0.2, 0.25) is 0 Å². The minimum absolute atomic E-state index is 0.0944. The Hall–Kier alpha value is -1.40. The molecule has 2 atom stereocenters. The van der Waals surface area contributed by atoms with Crippen LogP contribution in [-0.2, 0) is 14.3 Å². The number of rotatable bonds is 4. The molecule has 2 fully saturated rings. The molecule has 2 heterocycles. The molecule has 0 unspecified atom stereocenters. The van der Waals surface area contributed by atoms with Gasteiger partial charge >= 0.3 is 0 Å². The van der Waals surface area contributed by atoms with Crippen LogP contribution in [-0.4, -0.2) is 49.6 Å². The summed E-state index contributed by atoms with van der Waals surface area (Å²) in [6.45, 7) is 1.92. The van der Waals surface area contributed by atoms with Gasteiger partial charge < -0.3 is 14.5 Å². The number of likely N-dealkylation sites (N-methyl/N-ethyl adjacent to an activating group) is 1. The molecule has 2 amide bonds. The van der Waals surface area contributed by atoms with E-state index in [2.05, 4.69) is 15.9 Å². The van der Waals surface area contributed by atoms with E-state index in [1.54, 1.807) is 16.8 Å². The molecule has 1 aromatic rings. The van der Waals surface area contributed by atoms with Crippen LogP contribution in [0.25, 0.3) is 0 Å². The standard InChI is InChI=1S/C17H21BrN2O3/c1-19(11-14-6-3-9-23-14)16(21)15-7-8-20(17(15)22)13-5-2-4-12(18)10-13/h2,4-5,10,14-15H,3,6-9,11H2,1H3/t14-,15+/m0/s1. The minimum atomic E-state index is -0.569. The Morgan fingerprint density at radius 3 is 2.96 bits per heavy atom. The molecule has 0 saturated carbocycles. The Morgan fingerprint density at radius 1 is 1.43 bits per heavy atom. The highest BCUT2D eigenvalue weighted by atomic mass is 79.9. The summed E-state index contributed by atoms with van der Waals surface area (Å²) in [6, 6.07) is 7.61. The first kappa shape index (κ1) is 16.5. The molecule has 124 valence electrons. The first-order chi connectivity index (χ1) is 11.1. The van der Waals surface area contributed by atoms with Gasteiger partial charge in [0.1, 0.15) is 5.92 Å². The Balaban J connectivity index is 1.64. The first-order valence-corrected chi connectivity index (χ1v) is 8.79. The number of anilines is 1. The summed E-state index contributed by atoms with van der Waals surface area (Å²) in [7, 11) is 1.76. The van der Waals surface area contributed by atoms with Crippen LogP contribution >= 0.6 is 15.9 Å². The van der Waals surface area contributed by atoms with E-state index in [9.17, 15) is 9.59 Å². The molecule has 2 saturated heterocycles. The second kappa shape index (κ2) is 7.01. The predicted octanol–water partition coefficient (Wildman–Crippen LogP) is 2.44.